The second kappa shape index (κ2) is 8.10. The van der Waals surface area contributed by atoms with E-state index in [9.17, 15) is 0 Å². The molecule has 108 valence electrons. The van der Waals surface area contributed by atoms with Crippen LogP contribution in [0.3, 0.4) is 0 Å². The third-order valence-corrected chi connectivity index (χ3v) is 3.25. The van der Waals surface area contributed by atoms with Crippen molar-refractivity contribution in [3.05, 3.63) is 35.4 Å². The lowest BCUT2D eigenvalue weighted by Crippen LogP contribution is -2.39. The molecule has 2 unspecified atom stereocenters. The molecule has 0 heterocycles. The summed E-state index contributed by atoms with van der Waals surface area (Å²) in [5.74, 6) is 1.60. The summed E-state index contributed by atoms with van der Waals surface area (Å²) < 4.78 is 0. The molecule has 1 saturated carbocycles. The van der Waals surface area contributed by atoms with Gasteiger partial charge in [-0.3, -0.25) is 0 Å². The van der Waals surface area contributed by atoms with Gasteiger partial charge in [0.25, 0.3) is 0 Å². The maximum absolute atomic E-state index is 8.87. The lowest BCUT2D eigenvalue weighted by atomic mass is 10.1. The summed E-state index contributed by atoms with van der Waals surface area (Å²) >= 11 is 0. The highest BCUT2D eigenvalue weighted by atomic mass is 127. The van der Waals surface area contributed by atoms with Gasteiger partial charge in [-0.25, -0.2) is 4.99 Å². The minimum atomic E-state index is 0. The fraction of sp³-hybridized carbons (Fsp3) is 0.467. The number of nitrogens with zero attached hydrogens (tertiary/aromatic N) is 2. The smallest absolute Gasteiger partial charge is 0.191 e. The van der Waals surface area contributed by atoms with Crippen LogP contribution in [-0.4, -0.2) is 18.5 Å². The molecule has 20 heavy (non-hydrogen) atoms. The van der Waals surface area contributed by atoms with Crippen LogP contribution in [0.1, 0.15) is 31.4 Å². The summed E-state index contributed by atoms with van der Waals surface area (Å²) in [6, 6.07) is 10.3. The van der Waals surface area contributed by atoms with Gasteiger partial charge in [0.05, 0.1) is 18.2 Å². The minimum absolute atomic E-state index is 0. The highest BCUT2D eigenvalue weighted by Crippen LogP contribution is 2.28. The standard InChI is InChI=1S/C15H20N4.HI/c1-3-17-15(19-14-7-11(14)2)18-10-13-6-4-5-12(8-13)9-16;/h4-6,8,11,14H,3,7,10H2,1-2H3,(H2,17,18,19);1H. The summed E-state index contributed by atoms with van der Waals surface area (Å²) in [6.45, 7) is 5.73. The average molecular weight is 384 g/mol. The molecule has 1 aliphatic rings. The molecule has 1 aliphatic carbocycles. The summed E-state index contributed by atoms with van der Waals surface area (Å²) in [4.78, 5) is 4.56. The SMILES string of the molecule is CCNC(=NCc1cccc(C#N)c1)NC1CC1C.I. The number of nitriles is 1. The first-order valence-electron chi connectivity index (χ1n) is 6.76. The maximum Gasteiger partial charge on any atom is 0.191 e. The van der Waals surface area contributed by atoms with Gasteiger partial charge in [-0.2, -0.15) is 5.26 Å². The Morgan fingerprint density at radius 2 is 2.25 bits per heavy atom. The third kappa shape index (κ3) is 5.00. The van der Waals surface area contributed by atoms with Crippen molar-refractivity contribution in [2.45, 2.75) is 32.9 Å². The Hall–Kier alpha value is -1.29. The number of hydrogen-bond donors (Lipinski definition) is 2. The van der Waals surface area contributed by atoms with E-state index in [1.54, 1.807) is 0 Å². The highest BCUT2D eigenvalue weighted by molar-refractivity contribution is 14.0. The Kier molecular flexibility index (Phi) is 6.79. The van der Waals surface area contributed by atoms with Crippen LogP contribution < -0.4 is 10.6 Å². The van der Waals surface area contributed by atoms with Crippen molar-refractivity contribution >= 4 is 29.9 Å². The zero-order chi connectivity index (χ0) is 13.7. The molecule has 0 radical (unpaired) electrons. The first kappa shape index (κ1) is 16.8. The molecule has 2 rings (SSSR count). The number of aliphatic imine (C=N–C) groups is 1. The molecule has 4 nitrogen and oxygen atoms in total. The summed E-state index contributed by atoms with van der Waals surface area (Å²) in [5.41, 5.74) is 1.74. The van der Waals surface area contributed by atoms with Gasteiger partial charge in [0.2, 0.25) is 0 Å². The Balaban J connectivity index is 0.00000200. The first-order chi connectivity index (χ1) is 9.22. The molecule has 0 aliphatic heterocycles. The first-order valence-corrected chi connectivity index (χ1v) is 6.76. The van der Waals surface area contributed by atoms with E-state index in [0.717, 1.165) is 24.0 Å². The van der Waals surface area contributed by atoms with Crippen molar-refractivity contribution in [2.75, 3.05) is 6.54 Å². The second-order valence-electron chi connectivity index (χ2n) is 4.97. The van der Waals surface area contributed by atoms with E-state index in [2.05, 4.69) is 35.5 Å². The number of hydrogen-bond acceptors (Lipinski definition) is 2. The van der Waals surface area contributed by atoms with E-state index < -0.39 is 0 Å². The molecule has 0 aromatic heterocycles. The van der Waals surface area contributed by atoms with Gasteiger partial charge in [0, 0.05) is 12.6 Å². The molecular weight excluding hydrogens is 363 g/mol. The Morgan fingerprint density at radius 1 is 1.50 bits per heavy atom. The molecule has 1 aromatic carbocycles. The molecule has 5 heteroatoms. The van der Waals surface area contributed by atoms with Crippen molar-refractivity contribution in [1.29, 1.82) is 5.26 Å². The molecule has 2 atom stereocenters. The maximum atomic E-state index is 8.87. The van der Waals surface area contributed by atoms with E-state index in [4.69, 9.17) is 5.26 Å². The monoisotopic (exact) mass is 384 g/mol. The quantitative estimate of drug-likeness (QED) is 0.477. The van der Waals surface area contributed by atoms with Gasteiger partial charge in [0.15, 0.2) is 5.96 Å². The summed E-state index contributed by atoms with van der Waals surface area (Å²) in [7, 11) is 0. The Labute approximate surface area is 137 Å². The van der Waals surface area contributed by atoms with E-state index in [-0.39, 0.29) is 24.0 Å². The van der Waals surface area contributed by atoms with E-state index in [0.29, 0.717) is 18.2 Å². The molecule has 0 bridgehead atoms. The lowest BCUT2D eigenvalue weighted by Gasteiger charge is -2.10. The predicted molar refractivity (Wildman–Crippen MR) is 92.1 cm³/mol. The number of guanidine groups is 1. The summed E-state index contributed by atoms with van der Waals surface area (Å²) in [6.07, 6.45) is 1.22. The topological polar surface area (TPSA) is 60.2 Å². The van der Waals surface area contributed by atoms with Gasteiger partial charge >= 0.3 is 0 Å². The van der Waals surface area contributed by atoms with Crippen molar-refractivity contribution in [3.8, 4) is 6.07 Å². The van der Waals surface area contributed by atoms with Crippen LogP contribution in [0.25, 0.3) is 0 Å². The Bertz CT molecular complexity index is 507. The van der Waals surface area contributed by atoms with E-state index >= 15 is 0 Å². The lowest BCUT2D eigenvalue weighted by molar-refractivity contribution is 0.766. The van der Waals surface area contributed by atoms with Crippen LogP contribution in [0, 0.1) is 17.2 Å². The number of halogens is 1. The normalized spacial score (nSPS) is 20.6. The Morgan fingerprint density at radius 3 is 2.85 bits per heavy atom. The van der Waals surface area contributed by atoms with Crippen LogP contribution in [0.2, 0.25) is 0 Å². The van der Waals surface area contributed by atoms with E-state index in [1.165, 1.54) is 6.42 Å². The molecule has 1 aromatic rings. The highest BCUT2D eigenvalue weighted by Gasteiger charge is 2.33. The van der Waals surface area contributed by atoms with Gasteiger partial charge < -0.3 is 10.6 Å². The number of nitrogens with one attached hydrogen (secondary N) is 2. The van der Waals surface area contributed by atoms with Gasteiger partial charge in [-0.15, -0.1) is 24.0 Å². The zero-order valence-corrected chi connectivity index (χ0v) is 14.2. The number of rotatable bonds is 4. The minimum Gasteiger partial charge on any atom is -0.357 e. The fourth-order valence-electron chi connectivity index (χ4n) is 1.93. The molecular formula is C15H21IN4. The van der Waals surface area contributed by atoms with Crippen LogP contribution in [-0.2, 0) is 6.54 Å². The van der Waals surface area contributed by atoms with E-state index in [1.807, 2.05) is 24.3 Å². The molecule has 1 fully saturated rings. The molecule has 2 N–H and O–H groups in total. The second-order valence-corrected chi connectivity index (χ2v) is 4.97. The predicted octanol–water partition coefficient (Wildman–Crippen LogP) is 2.64. The molecule has 0 amide bonds. The number of benzene rings is 1. The average Bonchev–Trinajstić information content (AvgIpc) is 3.12. The van der Waals surface area contributed by atoms with Gasteiger partial charge in [-0.05, 0) is 37.0 Å². The zero-order valence-electron chi connectivity index (χ0n) is 11.9. The van der Waals surface area contributed by atoms with Crippen molar-refractivity contribution in [2.24, 2.45) is 10.9 Å². The van der Waals surface area contributed by atoms with Crippen molar-refractivity contribution in [3.63, 3.8) is 0 Å². The summed E-state index contributed by atoms with van der Waals surface area (Å²) in [5, 5.41) is 15.5. The molecule has 0 spiro atoms. The van der Waals surface area contributed by atoms with Gasteiger partial charge in [-0.1, -0.05) is 19.1 Å². The largest absolute Gasteiger partial charge is 0.357 e. The fourth-order valence-corrected chi connectivity index (χ4v) is 1.93. The van der Waals surface area contributed by atoms with Crippen LogP contribution in [0.15, 0.2) is 29.3 Å². The van der Waals surface area contributed by atoms with Crippen molar-refractivity contribution in [1.82, 2.24) is 10.6 Å². The molecule has 0 saturated heterocycles. The third-order valence-electron chi connectivity index (χ3n) is 3.25. The van der Waals surface area contributed by atoms with Crippen LogP contribution in [0.4, 0.5) is 0 Å². The van der Waals surface area contributed by atoms with Crippen LogP contribution >= 0.6 is 24.0 Å². The van der Waals surface area contributed by atoms with Gasteiger partial charge in [0.1, 0.15) is 0 Å². The van der Waals surface area contributed by atoms with Crippen LogP contribution in [0.5, 0.6) is 0 Å². The van der Waals surface area contributed by atoms with Crippen molar-refractivity contribution < 1.29 is 0 Å².